The third-order valence-corrected chi connectivity index (χ3v) is 3.69. The van der Waals surface area contributed by atoms with Gasteiger partial charge in [0.05, 0.1) is 0 Å². The van der Waals surface area contributed by atoms with Gasteiger partial charge in [-0.25, -0.2) is 9.59 Å². The van der Waals surface area contributed by atoms with Crippen LogP contribution in [0.2, 0.25) is 0 Å². The fraction of sp³-hybridized carbons (Fsp3) is 0.583. The standard InChI is InChI=1S/C12H13ClN2O5/c1-2-9(8-6-15-4-3-7(8)5-15)19-12(13)14-20-11(18)10(16)17/h1,7-9H,3-6H2,(H,16,17). The molecule has 2 saturated heterocycles. The predicted octanol–water partition coefficient (Wildman–Crippen LogP) is 0.0941. The summed E-state index contributed by atoms with van der Waals surface area (Å²) < 4.78 is 5.25. The number of oxime groups is 1. The van der Waals surface area contributed by atoms with Crippen LogP contribution in [0, 0.1) is 24.2 Å². The van der Waals surface area contributed by atoms with Crippen LogP contribution in [0.15, 0.2) is 5.16 Å². The number of carboxylic acids is 1. The van der Waals surface area contributed by atoms with Crippen molar-refractivity contribution in [2.24, 2.45) is 17.0 Å². The normalized spacial score (nSPS) is 29.6. The molecule has 0 amide bonds. The summed E-state index contributed by atoms with van der Waals surface area (Å²) in [7, 11) is 0. The Morgan fingerprint density at radius 2 is 2.25 bits per heavy atom. The number of piperidine rings is 1. The van der Waals surface area contributed by atoms with E-state index < -0.39 is 23.4 Å². The molecule has 0 radical (unpaired) electrons. The van der Waals surface area contributed by atoms with Crippen molar-refractivity contribution in [3.63, 3.8) is 0 Å². The van der Waals surface area contributed by atoms with E-state index >= 15 is 0 Å². The maximum atomic E-state index is 10.7. The van der Waals surface area contributed by atoms with Crippen LogP contribution in [0.3, 0.4) is 0 Å². The minimum atomic E-state index is -1.77. The molecule has 0 aliphatic carbocycles. The van der Waals surface area contributed by atoms with Gasteiger partial charge in [-0.3, -0.25) is 0 Å². The van der Waals surface area contributed by atoms with E-state index in [0.29, 0.717) is 5.92 Å². The van der Waals surface area contributed by atoms with Gasteiger partial charge in [-0.05, 0) is 35.6 Å². The molecule has 2 fully saturated rings. The summed E-state index contributed by atoms with van der Waals surface area (Å²) in [4.78, 5) is 27.2. The number of carboxylic acid groups (broad SMARTS) is 1. The van der Waals surface area contributed by atoms with E-state index in [4.69, 9.17) is 27.9 Å². The average Bonchev–Trinajstić information content (AvgIpc) is 3.04. The molecule has 7 nitrogen and oxygen atoms in total. The van der Waals surface area contributed by atoms with Gasteiger partial charge in [0.2, 0.25) is 0 Å². The number of carbonyl (C=O) groups excluding carboxylic acids is 1. The predicted molar refractivity (Wildman–Crippen MR) is 68.8 cm³/mol. The smallest absolute Gasteiger partial charge is 0.443 e. The first kappa shape index (κ1) is 14.6. The van der Waals surface area contributed by atoms with Crippen LogP contribution in [0.1, 0.15) is 6.42 Å². The third kappa shape index (κ3) is 3.21. The Kier molecular flexibility index (Phi) is 4.47. The molecule has 4 unspecified atom stereocenters. The van der Waals surface area contributed by atoms with Gasteiger partial charge in [0, 0.05) is 19.0 Å². The van der Waals surface area contributed by atoms with Gasteiger partial charge < -0.3 is 19.6 Å². The molecule has 2 aliphatic rings. The Morgan fingerprint density at radius 1 is 1.50 bits per heavy atom. The van der Waals surface area contributed by atoms with Crippen LogP contribution in [-0.2, 0) is 19.2 Å². The molecule has 0 saturated carbocycles. The van der Waals surface area contributed by atoms with Gasteiger partial charge in [0.25, 0.3) is 0 Å². The number of ether oxygens (including phenoxy) is 1. The van der Waals surface area contributed by atoms with Crippen molar-refractivity contribution in [3.05, 3.63) is 0 Å². The Bertz CT molecular complexity index is 487. The van der Waals surface area contributed by atoms with Gasteiger partial charge in [0.15, 0.2) is 6.10 Å². The summed E-state index contributed by atoms with van der Waals surface area (Å²) in [5.74, 6) is -0.211. The number of hydrogen-bond acceptors (Lipinski definition) is 6. The lowest BCUT2D eigenvalue weighted by Crippen LogP contribution is -2.34. The van der Waals surface area contributed by atoms with E-state index in [-0.39, 0.29) is 5.92 Å². The first-order valence-corrected chi connectivity index (χ1v) is 6.42. The fourth-order valence-electron chi connectivity index (χ4n) is 2.66. The number of carbonyl (C=O) groups is 2. The summed E-state index contributed by atoms with van der Waals surface area (Å²) in [6.45, 7) is 2.89. The second-order valence-corrected chi connectivity index (χ2v) is 5.03. The van der Waals surface area contributed by atoms with Crippen molar-refractivity contribution in [2.75, 3.05) is 19.6 Å². The number of halogens is 1. The SMILES string of the molecule is C#CC(OC(Cl)=NOC(=O)C(=O)O)C1CN2CCC1C2. The number of aliphatic carboxylic acids is 1. The zero-order valence-electron chi connectivity index (χ0n) is 10.5. The molecule has 0 aromatic heterocycles. The van der Waals surface area contributed by atoms with E-state index in [2.05, 4.69) is 20.8 Å². The molecule has 0 aromatic rings. The quantitative estimate of drug-likeness (QED) is 0.198. The number of hydrogen-bond donors (Lipinski definition) is 1. The Morgan fingerprint density at radius 3 is 2.75 bits per heavy atom. The van der Waals surface area contributed by atoms with Gasteiger partial charge >= 0.3 is 17.3 Å². The molecule has 108 valence electrons. The molecule has 2 rings (SSSR count). The highest BCUT2D eigenvalue weighted by Crippen LogP contribution is 2.35. The average molecular weight is 301 g/mol. The second-order valence-electron chi connectivity index (χ2n) is 4.71. The van der Waals surface area contributed by atoms with Crippen LogP contribution < -0.4 is 0 Å². The van der Waals surface area contributed by atoms with E-state index in [0.717, 1.165) is 26.1 Å². The molecular formula is C12H13ClN2O5. The molecular weight excluding hydrogens is 288 g/mol. The maximum absolute atomic E-state index is 10.7. The zero-order chi connectivity index (χ0) is 14.7. The van der Waals surface area contributed by atoms with Crippen molar-refractivity contribution < 1.29 is 24.3 Å². The highest BCUT2D eigenvalue weighted by Gasteiger charge is 2.42. The Balaban J connectivity index is 1.90. The van der Waals surface area contributed by atoms with Crippen molar-refractivity contribution in [1.82, 2.24) is 4.90 Å². The van der Waals surface area contributed by atoms with E-state index in [1.54, 1.807) is 0 Å². The fourth-order valence-corrected chi connectivity index (χ4v) is 2.79. The number of terminal acetylenes is 1. The molecule has 2 bridgehead atoms. The summed E-state index contributed by atoms with van der Waals surface area (Å²) in [6.07, 6.45) is 5.91. The Hall–Kier alpha value is -1.78. The molecule has 20 heavy (non-hydrogen) atoms. The zero-order valence-corrected chi connectivity index (χ0v) is 11.2. The third-order valence-electron chi connectivity index (χ3n) is 3.54. The maximum Gasteiger partial charge on any atom is 0.443 e. The first-order chi connectivity index (χ1) is 9.51. The molecule has 2 heterocycles. The van der Waals surface area contributed by atoms with Crippen LogP contribution in [-0.4, -0.2) is 53.0 Å². The van der Waals surface area contributed by atoms with Gasteiger partial charge in [-0.15, -0.1) is 6.42 Å². The number of rotatable bonds is 3. The van der Waals surface area contributed by atoms with Crippen LogP contribution in [0.4, 0.5) is 0 Å². The lowest BCUT2D eigenvalue weighted by molar-refractivity contribution is -0.164. The summed E-state index contributed by atoms with van der Waals surface area (Å²) in [5, 5.41) is 10.9. The van der Waals surface area contributed by atoms with Gasteiger partial charge in [-0.2, -0.15) is 0 Å². The van der Waals surface area contributed by atoms with Crippen LogP contribution in [0.5, 0.6) is 0 Å². The summed E-state index contributed by atoms with van der Waals surface area (Å²) in [5.41, 5.74) is 0. The molecule has 8 heteroatoms. The molecule has 2 aliphatic heterocycles. The molecule has 4 atom stereocenters. The molecule has 1 N–H and O–H groups in total. The second kappa shape index (κ2) is 6.11. The van der Waals surface area contributed by atoms with Crippen molar-refractivity contribution >= 4 is 28.9 Å². The van der Waals surface area contributed by atoms with Crippen LogP contribution >= 0.6 is 11.6 Å². The van der Waals surface area contributed by atoms with Gasteiger partial charge in [-0.1, -0.05) is 5.92 Å². The number of nitrogens with zero attached hydrogens (tertiary/aromatic N) is 2. The van der Waals surface area contributed by atoms with Gasteiger partial charge in [0.1, 0.15) is 0 Å². The molecule has 0 aromatic carbocycles. The van der Waals surface area contributed by atoms with Crippen molar-refractivity contribution in [3.8, 4) is 12.3 Å². The monoisotopic (exact) mass is 300 g/mol. The first-order valence-electron chi connectivity index (χ1n) is 6.04. The number of fused-ring (bicyclic) bond motifs is 2. The van der Waals surface area contributed by atoms with Crippen LogP contribution in [0.25, 0.3) is 0 Å². The largest absolute Gasteiger partial charge is 0.473 e. The van der Waals surface area contributed by atoms with E-state index in [9.17, 15) is 9.59 Å². The highest BCUT2D eigenvalue weighted by molar-refractivity contribution is 6.62. The Labute approximate surface area is 120 Å². The lowest BCUT2D eigenvalue weighted by Gasteiger charge is -2.26. The minimum absolute atomic E-state index is 0.146. The minimum Gasteiger partial charge on any atom is -0.473 e. The topological polar surface area (TPSA) is 88.4 Å². The van der Waals surface area contributed by atoms with E-state index in [1.165, 1.54) is 0 Å². The highest BCUT2D eigenvalue weighted by atomic mass is 35.5. The van der Waals surface area contributed by atoms with Crippen molar-refractivity contribution in [2.45, 2.75) is 12.5 Å². The summed E-state index contributed by atoms with van der Waals surface area (Å²) >= 11 is 5.63. The van der Waals surface area contributed by atoms with E-state index in [1.807, 2.05) is 0 Å². The summed E-state index contributed by atoms with van der Waals surface area (Å²) in [6, 6.07) is 0. The molecule has 0 spiro atoms. The lowest BCUT2D eigenvalue weighted by atomic mass is 9.88. The van der Waals surface area contributed by atoms with Crippen molar-refractivity contribution in [1.29, 1.82) is 0 Å².